The van der Waals surface area contributed by atoms with E-state index >= 15 is 0 Å². The Kier molecular flexibility index (Phi) is 7.02. The van der Waals surface area contributed by atoms with Crippen LogP contribution in [-0.4, -0.2) is 61.5 Å². The van der Waals surface area contributed by atoms with E-state index < -0.39 is 22.6 Å². The van der Waals surface area contributed by atoms with Crippen molar-refractivity contribution in [1.29, 1.82) is 0 Å². The highest BCUT2D eigenvalue weighted by Crippen LogP contribution is 2.26. The molecule has 1 heterocycles. The van der Waals surface area contributed by atoms with Crippen LogP contribution in [-0.2, 0) is 21.4 Å². The Labute approximate surface area is 179 Å². The van der Waals surface area contributed by atoms with Crippen LogP contribution in [0, 0.1) is 0 Å². The third-order valence-electron chi connectivity index (χ3n) is 4.55. The van der Waals surface area contributed by atoms with Gasteiger partial charge in [0.2, 0.25) is 10.0 Å². The molecule has 0 aliphatic carbocycles. The summed E-state index contributed by atoms with van der Waals surface area (Å²) in [6.07, 6.45) is 0. The van der Waals surface area contributed by atoms with E-state index in [2.05, 4.69) is 4.90 Å². The first kappa shape index (κ1) is 21.9. The summed E-state index contributed by atoms with van der Waals surface area (Å²) in [5.74, 6) is -0.611. The largest absolute Gasteiger partial charge is 0.482 e. The van der Waals surface area contributed by atoms with Crippen LogP contribution < -0.4 is 4.74 Å². The Balaban J connectivity index is 1.65. The van der Waals surface area contributed by atoms with Crippen molar-refractivity contribution in [2.45, 2.75) is 11.4 Å². The molecule has 10 heteroatoms. The lowest BCUT2D eigenvalue weighted by Crippen LogP contribution is -2.48. The Morgan fingerprint density at radius 1 is 1.00 bits per heavy atom. The van der Waals surface area contributed by atoms with E-state index in [4.69, 9.17) is 33.0 Å². The van der Waals surface area contributed by atoms with Crippen molar-refractivity contribution in [2.75, 3.05) is 32.8 Å². The average molecular weight is 459 g/mol. The van der Waals surface area contributed by atoms with Crippen molar-refractivity contribution in [2.24, 2.45) is 0 Å². The number of hydrogen-bond acceptors (Lipinski definition) is 5. The average Bonchev–Trinajstić information content (AvgIpc) is 2.68. The molecule has 1 fully saturated rings. The summed E-state index contributed by atoms with van der Waals surface area (Å²) in [4.78, 5) is 13.1. The number of sulfonamides is 1. The minimum Gasteiger partial charge on any atom is -0.482 e. The van der Waals surface area contributed by atoms with E-state index in [1.54, 1.807) is 30.3 Å². The Morgan fingerprint density at radius 2 is 1.62 bits per heavy atom. The van der Waals surface area contributed by atoms with E-state index in [1.807, 2.05) is 0 Å². The van der Waals surface area contributed by atoms with Crippen LogP contribution in [0.1, 0.15) is 5.56 Å². The first-order valence-corrected chi connectivity index (χ1v) is 11.1. The van der Waals surface area contributed by atoms with Crippen LogP contribution in [0.3, 0.4) is 0 Å². The van der Waals surface area contributed by atoms with Gasteiger partial charge in [-0.3, -0.25) is 4.90 Å². The van der Waals surface area contributed by atoms with Gasteiger partial charge in [-0.15, -0.1) is 0 Å². The van der Waals surface area contributed by atoms with Crippen LogP contribution in [0.2, 0.25) is 10.0 Å². The summed E-state index contributed by atoms with van der Waals surface area (Å²) >= 11 is 11.9. The Hall–Kier alpha value is -1.84. The Morgan fingerprint density at radius 3 is 2.24 bits per heavy atom. The number of piperazine rings is 1. The van der Waals surface area contributed by atoms with Crippen LogP contribution in [0.15, 0.2) is 47.4 Å². The zero-order valence-electron chi connectivity index (χ0n) is 15.4. The molecule has 0 spiro atoms. The molecule has 0 amide bonds. The van der Waals surface area contributed by atoms with Crippen molar-refractivity contribution >= 4 is 39.2 Å². The van der Waals surface area contributed by atoms with Crippen molar-refractivity contribution in [1.82, 2.24) is 9.21 Å². The fourth-order valence-corrected chi connectivity index (χ4v) is 4.82. The number of aliphatic carboxylic acids is 1. The molecule has 1 aliphatic rings. The van der Waals surface area contributed by atoms with Gasteiger partial charge in [0.1, 0.15) is 5.75 Å². The maximum absolute atomic E-state index is 12.8. The van der Waals surface area contributed by atoms with Gasteiger partial charge in [0.15, 0.2) is 6.61 Å². The highest BCUT2D eigenvalue weighted by atomic mass is 35.5. The molecule has 7 nitrogen and oxygen atoms in total. The zero-order chi connectivity index (χ0) is 21.0. The van der Waals surface area contributed by atoms with E-state index in [-0.39, 0.29) is 4.90 Å². The summed E-state index contributed by atoms with van der Waals surface area (Å²) < 4.78 is 32.4. The fraction of sp³-hybridized carbons (Fsp3) is 0.316. The highest BCUT2D eigenvalue weighted by molar-refractivity contribution is 7.89. The molecule has 0 saturated carbocycles. The number of nitrogens with zero attached hydrogens (tertiary/aromatic N) is 2. The van der Waals surface area contributed by atoms with Gasteiger partial charge in [0, 0.05) is 48.3 Å². The quantitative estimate of drug-likeness (QED) is 0.685. The second kappa shape index (κ2) is 9.32. The first-order valence-electron chi connectivity index (χ1n) is 8.87. The number of halogens is 2. The summed E-state index contributed by atoms with van der Waals surface area (Å²) in [6.45, 7) is 1.77. The minimum atomic E-state index is -3.57. The van der Waals surface area contributed by atoms with Crippen molar-refractivity contribution in [3.8, 4) is 5.75 Å². The molecule has 1 aliphatic heterocycles. The van der Waals surface area contributed by atoms with Gasteiger partial charge in [-0.05, 0) is 42.5 Å². The lowest BCUT2D eigenvalue weighted by Gasteiger charge is -2.34. The van der Waals surface area contributed by atoms with Crippen LogP contribution in [0.25, 0.3) is 0 Å². The third kappa shape index (κ3) is 5.61. The van der Waals surface area contributed by atoms with Crippen molar-refractivity contribution in [3.63, 3.8) is 0 Å². The number of carboxylic acids is 1. The zero-order valence-corrected chi connectivity index (χ0v) is 17.8. The lowest BCUT2D eigenvalue weighted by atomic mass is 10.1. The summed E-state index contributed by atoms with van der Waals surface area (Å²) in [7, 11) is -3.57. The molecular formula is C19H20Cl2N2O5S. The van der Waals surface area contributed by atoms with E-state index in [0.29, 0.717) is 48.5 Å². The third-order valence-corrected chi connectivity index (χ3v) is 6.95. The summed E-state index contributed by atoms with van der Waals surface area (Å²) in [5, 5.41) is 9.83. The molecular weight excluding hydrogens is 439 g/mol. The van der Waals surface area contributed by atoms with Crippen LogP contribution in [0.4, 0.5) is 0 Å². The summed E-state index contributed by atoms with van der Waals surface area (Å²) in [6, 6.07) is 11.1. The maximum Gasteiger partial charge on any atom is 0.341 e. The number of rotatable bonds is 7. The molecule has 0 bridgehead atoms. The van der Waals surface area contributed by atoms with Crippen LogP contribution in [0.5, 0.6) is 5.75 Å². The van der Waals surface area contributed by atoms with Gasteiger partial charge in [0.25, 0.3) is 0 Å². The molecule has 2 aromatic rings. The molecule has 1 saturated heterocycles. The monoisotopic (exact) mass is 458 g/mol. The minimum absolute atomic E-state index is 0.217. The van der Waals surface area contributed by atoms with Gasteiger partial charge in [-0.2, -0.15) is 4.31 Å². The molecule has 0 atom stereocenters. The van der Waals surface area contributed by atoms with Gasteiger partial charge in [0.05, 0.1) is 4.90 Å². The molecule has 0 radical (unpaired) electrons. The van der Waals surface area contributed by atoms with Crippen molar-refractivity contribution in [3.05, 3.63) is 58.1 Å². The lowest BCUT2D eigenvalue weighted by molar-refractivity contribution is -0.139. The summed E-state index contributed by atoms with van der Waals surface area (Å²) in [5.41, 5.74) is 0.757. The van der Waals surface area contributed by atoms with E-state index in [0.717, 1.165) is 5.56 Å². The highest BCUT2D eigenvalue weighted by Gasteiger charge is 2.28. The van der Waals surface area contributed by atoms with Gasteiger partial charge in [-0.1, -0.05) is 23.2 Å². The van der Waals surface area contributed by atoms with Gasteiger partial charge >= 0.3 is 5.97 Å². The number of hydrogen-bond donors (Lipinski definition) is 1. The second-order valence-electron chi connectivity index (χ2n) is 6.57. The molecule has 0 aromatic heterocycles. The fourth-order valence-electron chi connectivity index (χ4n) is 3.08. The number of carbonyl (C=O) groups is 1. The Bertz CT molecular complexity index is 975. The molecule has 2 aromatic carbocycles. The first-order chi connectivity index (χ1) is 13.8. The smallest absolute Gasteiger partial charge is 0.341 e. The van der Waals surface area contributed by atoms with E-state index in [1.165, 1.54) is 16.4 Å². The molecule has 3 rings (SSSR count). The van der Waals surface area contributed by atoms with Crippen LogP contribution >= 0.6 is 23.2 Å². The normalized spacial score (nSPS) is 15.9. The predicted octanol–water partition coefficient (Wildman–Crippen LogP) is 2.96. The van der Waals surface area contributed by atoms with Crippen molar-refractivity contribution < 1.29 is 23.1 Å². The SMILES string of the molecule is O=C(O)COc1ccc(Cl)cc1CN1CCN(S(=O)(=O)c2ccc(Cl)cc2)CC1. The molecule has 0 unspecified atom stereocenters. The second-order valence-corrected chi connectivity index (χ2v) is 9.38. The number of carboxylic acid groups (broad SMARTS) is 1. The molecule has 156 valence electrons. The number of benzene rings is 2. The topological polar surface area (TPSA) is 87.2 Å². The predicted molar refractivity (Wildman–Crippen MR) is 110 cm³/mol. The maximum atomic E-state index is 12.8. The van der Waals surface area contributed by atoms with Gasteiger partial charge < -0.3 is 9.84 Å². The van der Waals surface area contributed by atoms with Gasteiger partial charge in [-0.25, -0.2) is 13.2 Å². The number of ether oxygens (including phenoxy) is 1. The molecule has 29 heavy (non-hydrogen) atoms. The molecule has 1 N–H and O–H groups in total. The standard InChI is InChI=1S/C19H20Cl2N2O5S/c20-15-1-4-17(5-2-15)29(26,27)23-9-7-22(8-10-23)12-14-11-16(21)3-6-18(14)28-13-19(24)25/h1-6,11H,7-10,12-13H2,(H,24,25). The van der Waals surface area contributed by atoms with E-state index in [9.17, 15) is 13.2 Å².